The topological polar surface area (TPSA) is 104 Å². The third-order valence-corrected chi connectivity index (χ3v) is 4.83. The number of hydrogen-bond donors (Lipinski definition) is 3. The molecule has 0 bridgehead atoms. The van der Waals surface area contributed by atoms with E-state index < -0.39 is 29.3 Å². The predicted octanol–water partition coefficient (Wildman–Crippen LogP) is 1.44. The van der Waals surface area contributed by atoms with Gasteiger partial charge in [0.05, 0.1) is 6.04 Å². The summed E-state index contributed by atoms with van der Waals surface area (Å²) in [4.78, 5) is 48.3. The SMILES string of the molecule is CC(C)(C)[C@H](NC(=O)C=Cc1ccccc1)C(=O)N[C@H](C=O)C[C@@H]1CCNC1=O. The van der Waals surface area contributed by atoms with Crippen LogP contribution in [0.5, 0.6) is 0 Å². The van der Waals surface area contributed by atoms with Gasteiger partial charge in [-0.05, 0) is 29.9 Å². The van der Waals surface area contributed by atoms with Crippen molar-refractivity contribution in [3.05, 3.63) is 42.0 Å². The molecule has 1 aliphatic rings. The van der Waals surface area contributed by atoms with Gasteiger partial charge in [0.1, 0.15) is 12.3 Å². The first-order valence-corrected chi connectivity index (χ1v) is 9.77. The normalized spacial score (nSPS) is 18.7. The van der Waals surface area contributed by atoms with Crippen LogP contribution in [0.3, 0.4) is 0 Å². The fourth-order valence-electron chi connectivity index (χ4n) is 3.19. The van der Waals surface area contributed by atoms with Crippen LogP contribution in [-0.4, -0.2) is 42.6 Å². The molecule has 0 aromatic heterocycles. The van der Waals surface area contributed by atoms with Gasteiger partial charge >= 0.3 is 0 Å². The second kappa shape index (κ2) is 10.0. The highest BCUT2D eigenvalue weighted by atomic mass is 16.2. The highest BCUT2D eigenvalue weighted by molar-refractivity contribution is 5.96. The third kappa shape index (κ3) is 6.85. The molecule has 0 aliphatic carbocycles. The molecule has 3 amide bonds. The maximum atomic E-state index is 12.8. The molecule has 3 N–H and O–H groups in total. The average molecular weight is 399 g/mol. The smallest absolute Gasteiger partial charge is 0.244 e. The lowest BCUT2D eigenvalue weighted by Gasteiger charge is -2.31. The van der Waals surface area contributed by atoms with Crippen LogP contribution in [0.15, 0.2) is 36.4 Å². The summed E-state index contributed by atoms with van der Waals surface area (Å²) in [6.45, 7) is 6.08. The van der Waals surface area contributed by atoms with Crippen molar-refractivity contribution in [2.45, 2.75) is 45.7 Å². The molecule has 29 heavy (non-hydrogen) atoms. The zero-order valence-electron chi connectivity index (χ0n) is 17.1. The summed E-state index contributed by atoms with van der Waals surface area (Å²) in [5.74, 6) is -1.24. The minimum Gasteiger partial charge on any atom is -0.356 e. The van der Waals surface area contributed by atoms with Crippen LogP contribution < -0.4 is 16.0 Å². The van der Waals surface area contributed by atoms with Crippen LogP contribution in [0.1, 0.15) is 39.2 Å². The maximum absolute atomic E-state index is 12.8. The molecule has 7 heteroatoms. The second-order valence-electron chi connectivity index (χ2n) is 8.32. The van der Waals surface area contributed by atoms with Crippen molar-refractivity contribution in [2.75, 3.05) is 6.54 Å². The van der Waals surface area contributed by atoms with Crippen LogP contribution in [0.2, 0.25) is 0 Å². The highest BCUT2D eigenvalue weighted by Crippen LogP contribution is 2.21. The van der Waals surface area contributed by atoms with E-state index in [1.54, 1.807) is 6.08 Å². The number of rotatable bonds is 8. The molecule has 0 radical (unpaired) electrons. The van der Waals surface area contributed by atoms with Gasteiger partial charge in [-0.3, -0.25) is 14.4 Å². The maximum Gasteiger partial charge on any atom is 0.244 e. The number of benzene rings is 1. The van der Waals surface area contributed by atoms with Crippen molar-refractivity contribution in [1.29, 1.82) is 0 Å². The van der Waals surface area contributed by atoms with Crippen LogP contribution in [0.4, 0.5) is 0 Å². The molecular formula is C22H29N3O4. The summed E-state index contributed by atoms with van der Waals surface area (Å²) in [7, 11) is 0. The molecule has 1 aliphatic heterocycles. The Morgan fingerprint density at radius 2 is 1.90 bits per heavy atom. The van der Waals surface area contributed by atoms with Crippen molar-refractivity contribution < 1.29 is 19.2 Å². The molecule has 0 unspecified atom stereocenters. The molecule has 1 saturated heterocycles. The molecule has 3 atom stereocenters. The number of hydrogen-bond acceptors (Lipinski definition) is 4. The number of nitrogens with one attached hydrogen (secondary N) is 3. The molecule has 0 saturated carbocycles. The molecule has 1 aromatic rings. The zero-order valence-corrected chi connectivity index (χ0v) is 17.1. The van der Waals surface area contributed by atoms with Gasteiger partial charge in [-0.2, -0.15) is 0 Å². The van der Waals surface area contributed by atoms with Crippen LogP contribution in [0, 0.1) is 11.3 Å². The number of carbonyl (C=O) groups excluding carboxylic acids is 4. The minimum absolute atomic E-state index is 0.0992. The van der Waals surface area contributed by atoms with E-state index in [2.05, 4.69) is 16.0 Å². The molecule has 156 valence electrons. The minimum atomic E-state index is -0.838. The Labute approximate surface area is 171 Å². The van der Waals surface area contributed by atoms with Crippen LogP contribution >= 0.6 is 0 Å². The standard InChI is InChI=1S/C22H29N3O4/c1-22(2,3)19(25-18(27)10-9-15-7-5-4-6-8-15)21(29)24-17(14-26)13-16-11-12-23-20(16)28/h4-10,14,16-17,19H,11-13H2,1-3H3,(H,23,28)(H,24,29)(H,25,27)/t16-,17-,19+/m0/s1. The van der Waals surface area contributed by atoms with Gasteiger partial charge in [-0.1, -0.05) is 51.1 Å². The lowest BCUT2D eigenvalue weighted by Crippen LogP contribution is -2.55. The van der Waals surface area contributed by atoms with Gasteiger partial charge in [-0.25, -0.2) is 0 Å². The quantitative estimate of drug-likeness (QED) is 0.454. The van der Waals surface area contributed by atoms with E-state index >= 15 is 0 Å². The van der Waals surface area contributed by atoms with Crippen molar-refractivity contribution >= 4 is 30.1 Å². The molecule has 1 heterocycles. The molecule has 0 spiro atoms. The summed E-state index contributed by atoms with van der Waals surface area (Å²) < 4.78 is 0. The first-order valence-electron chi connectivity index (χ1n) is 9.77. The zero-order chi connectivity index (χ0) is 21.4. The Balaban J connectivity index is 2.01. The molecule has 2 rings (SSSR count). The molecular weight excluding hydrogens is 370 g/mol. The Bertz CT molecular complexity index is 768. The van der Waals surface area contributed by atoms with Gasteiger partial charge in [0.25, 0.3) is 0 Å². The lowest BCUT2D eigenvalue weighted by molar-refractivity contribution is -0.131. The van der Waals surface area contributed by atoms with E-state index in [9.17, 15) is 19.2 Å². The Morgan fingerprint density at radius 1 is 1.21 bits per heavy atom. The van der Waals surface area contributed by atoms with Crippen LogP contribution in [-0.2, 0) is 19.2 Å². The van der Waals surface area contributed by atoms with Gasteiger partial charge in [0, 0.05) is 18.5 Å². The fourth-order valence-corrected chi connectivity index (χ4v) is 3.19. The van der Waals surface area contributed by atoms with E-state index in [-0.39, 0.29) is 18.2 Å². The highest BCUT2D eigenvalue weighted by Gasteiger charge is 2.34. The summed E-state index contributed by atoms with van der Waals surface area (Å²) in [5, 5.41) is 8.12. The summed E-state index contributed by atoms with van der Waals surface area (Å²) in [6, 6.07) is 7.74. The van der Waals surface area contributed by atoms with E-state index in [4.69, 9.17) is 0 Å². The monoisotopic (exact) mass is 399 g/mol. The van der Waals surface area contributed by atoms with E-state index in [1.165, 1.54) is 6.08 Å². The summed E-state index contributed by atoms with van der Waals surface area (Å²) in [6.07, 6.45) is 4.57. The second-order valence-corrected chi connectivity index (χ2v) is 8.32. The Kier molecular flexibility index (Phi) is 7.70. The first kappa shape index (κ1) is 22.3. The van der Waals surface area contributed by atoms with Gasteiger partial charge in [0.15, 0.2) is 0 Å². The fraction of sp³-hybridized carbons (Fsp3) is 0.455. The predicted molar refractivity (Wildman–Crippen MR) is 111 cm³/mol. The first-order chi connectivity index (χ1) is 13.7. The van der Waals surface area contributed by atoms with Crippen molar-refractivity contribution in [3.8, 4) is 0 Å². The molecule has 1 fully saturated rings. The third-order valence-electron chi connectivity index (χ3n) is 4.83. The van der Waals surface area contributed by atoms with Gasteiger partial charge < -0.3 is 20.7 Å². The van der Waals surface area contributed by atoms with Gasteiger partial charge in [-0.15, -0.1) is 0 Å². The number of carbonyl (C=O) groups is 4. The van der Waals surface area contributed by atoms with E-state index in [0.717, 1.165) is 5.56 Å². The summed E-state index contributed by atoms with van der Waals surface area (Å²) in [5.41, 5.74) is 0.300. The van der Waals surface area contributed by atoms with Crippen LogP contribution in [0.25, 0.3) is 6.08 Å². The summed E-state index contributed by atoms with van der Waals surface area (Å²) >= 11 is 0. The lowest BCUT2D eigenvalue weighted by atomic mass is 9.85. The molecule has 1 aromatic carbocycles. The number of aldehydes is 1. The van der Waals surface area contributed by atoms with Gasteiger partial charge in [0.2, 0.25) is 17.7 Å². The largest absolute Gasteiger partial charge is 0.356 e. The van der Waals surface area contributed by atoms with Crippen molar-refractivity contribution in [2.24, 2.45) is 11.3 Å². The Hall–Kier alpha value is -2.96. The van der Waals surface area contributed by atoms with E-state index in [1.807, 2.05) is 51.1 Å². The average Bonchev–Trinajstić information content (AvgIpc) is 3.08. The van der Waals surface area contributed by atoms with Crippen molar-refractivity contribution in [1.82, 2.24) is 16.0 Å². The van der Waals surface area contributed by atoms with Crippen molar-refractivity contribution in [3.63, 3.8) is 0 Å². The van der Waals surface area contributed by atoms with E-state index in [0.29, 0.717) is 19.3 Å². The Morgan fingerprint density at radius 3 is 2.45 bits per heavy atom. The molecule has 7 nitrogen and oxygen atoms in total. The number of amides is 3.